The number of morpholine rings is 1. The van der Waals surface area contributed by atoms with Crippen molar-refractivity contribution in [2.24, 2.45) is 0 Å². The van der Waals surface area contributed by atoms with Gasteiger partial charge in [-0.1, -0.05) is 31.5 Å². The van der Waals surface area contributed by atoms with E-state index >= 15 is 0 Å². The molecular formula is C22H29N7O4. The molecule has 0 saturated carbocycles. The first-order chi connectivity index (χ1) is 16.2. The first kappa shape index (κ1) is 22.9. The third kappa shape index (κ3) is 5.74. The molecule has 3 aromatic rings. The summed E-state index contributed by atoms with van der Waals surface area (Å²) in [6, 6.07) is 6.96. The number of nitrogens with zero attached hydrogens (tertiary/aromatic N) is 6. The zero-order valence-corrected chi connectivity index (χ0v) is 18.8. The third-order valence-corrected chi connectivity index (χ3v) is 5.53. The molecule has 0 aliphatic carbocycles. The minimum absolute atomic E-state index is 0.0664. The molecule has 1 aromatic carbocycles. The van der Waals surface area contributed by atoms with Crippen LogP contribution in [0.25, 0.3) is 11.2 Å². The number of rotatable bonds is 11. The number of para-hydroxylation sites is 1. The first-order valence-electron chi connectivity index (χ1n) is 11.3. The summed E-state index contributed by atoms with van der Waals surface area (Å²) in [5, 5.41) is 14.8. The minimum atomic E-state index is -0.374. The summed E-state index contributed by atoms with van der Waals surface area (Å²) in [5.74, 6) is 0.598. The molecule has 3 heterocycles. The lowest BCUT2D eigenvalue weighted by molar-refractivity contribution is -0.385. The Hall–Kier alpha value is -3.31. The van der Waals surface area contributed by atoms with Gasteiger partial charge in [-0.15, -0.1) is 0 Å². The average molecular weight is 456 g/mol. The van der Waals surface area contributed by atoms with Gasteiger partial charge in [-0.2, -0.15) is 9.97 Å². The third-order valence-electron chi connectivity index (χ3n) is 5.53. The van der Waals surface area contributed by atoms with Gasteiger partial charge in [-0.05, 0) is 6.42 Å². The van der Waals surface area contributed by atoms with Gasteiger partial charge in [-0.3, -0.25) is 15.0 Å². The van der Waals surface area contributed by atoms with Gasteiger partial charge in [0.25, 0.3) is 5.69 Å². The molecule has 0 radical (unpaired) electrons. The van der Waals surface area contributed by atoms with Crippen LogP contribution in [0.3, 0.4) is 0 Å². The molecule has 1 aliphatic rings. The van der Waals surface area contributed by atoms with Crippen LogP contribution in [-0.2, 0) is 11.3 Å². The van der Waals surface area contributed by atoms with E-state index in [1.807, 2.05) is 0 Å². The van der Waals surface area contributed by atoms with E-state index in [0.717, 1.165) is 45.7 Å². The number of fused-ring (bicyclic) bond motifs is 1. The molecule has 0 bridgehead atoms. The number of ether oxygens (including phenoxy) is 2. The quantitative estimate of drug-likeness (QED) is 0.264. The molecule has 0 atom stereocenters. The largest absolute Gasteiger partial charge is 0.463 e. The predicted octanol–water partition coefficient (Wildman–Crippen LogP) is 2.71. The number of unbranched alkanes of at least 4 members (excludes halogenated alkanes) is 1. The second-order valence-corrected chi connectivity index (χ2v) is 7.87. The van der Waals surface area contributed by atoms with Crippen LogP contribution >= 0.6 is 0 Å². The highest BCUT2D eigenvalue weighted by molar-refractivity contribution is 5.83. The summed E-state index contributed by atoms with van der Waals surface area (Å²) >= 11 is 0. The molecule has 0 amide bonds. The fourth-order valence-electron chi connectivity index (χ4n) is 3.70. The van der Waals surface area contributed by atoms with Crippen LogP contribution in [0.1, 0.15) is 25.3 Å². The lowest BCUT2D eigenvalue weighted by Crippen LogP contribution is -2.39. The highest BCUT2D eigenvalue weighted by atomic mass is 16.6. The van der Waals surface area contributed by atoms with E-state index in [4.69, 9.17) is 9.47 Å². The van der Waals surface area contributed by atoms with Gasteiger partial charge >= 0.3 is 6.01 Å². The number of hydrogen-bond donors (Lipinski definition) is 1. The van der Waals surface area contributed by atoms with E-state index < -0.39 is 0 Å². The van der Waals surface area contributed by atoms with Gasteiger partial charge in [0, 0.05) is 37.8 Å². The van der Waals surface area contributed by atoms with Crippen LogP contribution < -0.4 is 10.1 Å². The van der Waals surface area contributed by atoms with E-state index in [-0.39, 0.29) is 23.2 Å². The maximum atomic E-state index is 11.4. The average Bonchev–Trinajstić information content (AvgIpc) is 3.23. The van der Waals surface area contributed by atoms with Crippen LogP contribution in [0.4, 0.5) is 11.5 Å². The SMILES string of the molecule is CCCCOc1nc(NCCN2CCOCC2)c2ncn(Cc3ccccc3[N+](=O)[O-])c2n1. The van der Waals surface area contributed by atoms with Gasteiger partial charge < -0.3 is 19.4 Å². The smallest absolute Gasteiger partial charge is 0.320 e. The minimum Gasteiger partial charge on any atom is -0.463 e. The van der Waals surface area contributed by atoms with Crippen molar-refractivity contribution in [1.29, 1.82) is 0 Å². The Balaban J connectivity index is 1.58. The van der Waals surface area contributed by atoms with Crippen LogP contribution in [0, 0.1) is 10.1 Å². The molecule has 33 heavy (non-hydrogen) atoms. The van der Waals surface area contributed by atoms with Crippen molar-refractivity contribution in [3.05, 3.63) is 46.3 Å². The first-order valence-corrected chi connectivity index (χ1v) is 11.3. The predicted molar refractivity (Wildman–Crippen MR) is 124 cm³/mol. The maximum absolute atomic E-state index is 11.4. The molecule has 1 aliphatic heterocycles. The second kappa shape index (κ2) is 11.0. The van der Waals surface area contributed by atoms with Gasteiger partial charge in [0.2, 0.25) is 0 Å². The summed E-state index contributed by atoms with van der Waals surface area (Å²) in [6.45, 7) is 7.77. The van der Waals surface area contributed by atoms with Crippen LogP contribution in [0.15, 0.2) is 30.6 Å². The number of aromatic nitrogens is 4. The van der Waals surface area contributed by atoms with Crippen molar-refractivity contribution in [3.63, 3.8) is 0 Å². The van der Waals surface area contributed by atoms with Crippen molar-refractivity contribution >= 4 is 22.7 Å². The van der Waals surface area contributed by atoms with Gasteiger partial charge in [0.05, 0.1) is 37.6 Å². The van der Waals surface area contributed by atoms with Crippen LogP contribution in [0.2, 0.25) is 0 Å². The molecule has 4 rings (SSSR count). The molecule has 0 unspecified atom stereocenters. The van der Waals surface area contributed by atoms with Crippen LogP contribution in [-0.4, -0.2) is 75.3 Å². The Morgan fingerprint density at radius 1 is 1.24 bits per heavy atom. The summed E-state index contributed by atoms with van der Waals surface area (Å²) in [7, 11) is 0. The second-order valence-electron chi connectivity index (χ2n) is 7.87. The molecule has 176 valence electrons. The van der Waals surface area contributed by atoms with E-state index in [1.165, 1.54) is 6.07 Å². The molecule has 11 nitrogen and oxygen atoms in total. The fourth-order valence-corrected chi connectivity index (χ4v) is 3.70. The van der Waals surface area contributed by atoms with Gasteiger partial charge in [0.1, 0.15) is 0 Å². The maximum Gasteiger partial charge on any atom is 0.320 e. The molecule has 1 fully saturated rings. The Morgan fingerprint density at radius 3 is 2.85 bits per heavy atom. The summed E-state index contributed by atoms with van der Waals surface area (Å²) in [4.78, 5) is 27.0. The van der Waals surface area contributed by atoms with E-state index in [9.17, 15) is 10.1 Å². The zero-order chi connectivity index (χ0) is 23.0. The van der Waals surface area contributed by atoms with Gasteiger partial charge in [-0.25, -0.2) is 4.98 Å². The Bertz CT molecular complexity index is 1080. The monoisotopic (exact) mass is 455 g/mol. The number of imidazole rings is 1. The van der Waals surface area contributed by atoms with Crippen molar-refractivity contribution in [3.8, 4) is 6.01 Å². The molecular weight excluding hydrogens is 426 g/mol. The summed E-state index contributed by atoms with van der Waals surface area (Å²) in [6.07, 6.45) is 3.54. The number of nitrogens with one attached hydrogen (secondary N) is 1. The Labute approximate surface area is 191 Å². The number of nitro groups is 1. The lowest BCUT2D eigenvalue weighted by Gasteiger charge is -2.26. The molecule has 0 spiro atoms. The molecule has 1 saturated heterocycles. The zero-order valence-electron chi connectivity index (χ0n) is 18.8. The normalized spacial score (nSPS) is 14.5. The van der Waals surface area contributed by atoms with E-state index in [1.54, 1.807) is 29.1 Å². The lowest BCUT2D eigenvalue weighted by atomic mass is 10.2. The van der Waals surface area contributed by atoms with Crippen molar-refractivity contribution in [2.45, 2.75) is 26.3 Å². The molecule has 11 heteroatoms. The van der Waals surface area contributed by atoms with E-state index in [2.05, 4.69) is 32.1 Å². The number of nitro benzene ring substituents is 1. The Kier molecular flexibility index (Phi) is 7.63. The standard InChI is InChI=1S/C22H29N7O4/c1-2-3-12-33-22-25-20(23-8-9-27-10-13-32-14-11-27)19-21(26-22)28(16-24-19)15-17-6-4-5-7-18(17)29(30)31/h4-7,16H,2-3,8-15H2,1H3,(H,23,25,26). The highest BCUT2D eigenvalue weighted by Crippen LogP contribution is 2.25. The summed E-state index contributed by atoms with van der Waals surface area (Å²) in [5.41, 5.74) is 1.83. The summed E-state index contributed by atoms with van der Waals surface area (Å²) < 4.78 is 13.0. The Morgan fingerprint density at radius 2 is 2.06 bits per heavy atom. The number of benzene rings is 1. The number of hydrogen-bond acceptors (Lipinski definition) is 9. The van der Waals surface area contributed by atoms with Crippen molar-refractivity contribution < 1.29 is 14.4 Å². The molecule has 2 aromatic heterocycles. The van der Waals surface area contributed by atoms with Crippen molar-refractivity contribution in [2.75, 3.05) is 51.3 Å². The fraction of sp³-hybridized carbons (Fsp3) is 0.500. The highest BCUT2D eigenvalue weighted by Gasteiger charge is 2.18. The molecule has 1 N–H and O–H groups in total. The number of anilines is 1. The topological polar surface area (TPSA) is 120 Å². The van der Waals surface area contributed by atoms with E-state index in [0.29, 0.717) is 35.7 Å². The van der Waals surface area contributed by atoms with Crippen molar-refractivity contribution in [1.82, 2.24) is 24.4 Å². The van der Waals surface area contributed by atoms with Crippen LogP contribution in [0.5, 0.6) is 6.01 Å². The van der Waals surface area contributed by atoms with Gasteiger partial charge in [0.15, 0.2) is 17.0 Å².